The maximum Gasteiger partial charge on any atom is 0.124 e. The molecule has 0 saturated heterocycles. The number of benzene rings is 2. The average Bonchev–Trinajstić information content (AvgIpc) is 2.43. The Bertz CT molecular complexity index is 547. The van der Waals surface area contributed by atoms with Gasteiger partial charge in [0.2, 0.25) is 0 Å². The van der Waals surface area contributed by atoms with Crippen molar-refractivity contribution in [1.29, 1.82) is 0 Å². The highest BCUT2D eigenvalue weighted by Gasteiger charge is 1.96. The standard InChI is InChI=1S/C16H17NO2/c1-2-19-15-9-7-13(8-10-15)11-17-12-14-5-3-4-6-16(14)18/h3-10,12,18H,2,11H2,1H3. The third-order valence-electron chi connectivity index (χ3n) is 2.68. The second-order valence-electron chi connectivity index (χ2n) is 4.11. The molecule has 2 aromatic rings. The van der Waals surface area contributed by atoms with Crippen molar-refractivity contribution in [3.05, 3.63) is 59.7 Å². The van der Waals surface area contributed by atoms with E-state index in [9.17, 15) is 5.11 Å². The molecule has 0 heterocycles. The summed E-state index contributed by atoms with van der Waals surface area (Å²) >= 11 is 0. The molecule has 1 N–H and O–H groups in total. The van der Waals surface area contributed by atoms with Gasteiger partial charge in [-0.2, -0.15) is 0 Å². The lowest BCUT2D eigenvalue weighted by molar-refractivity contribution is 0.340. The number of aliphatic imine (C=N–C) groups is 1. The van der Waals surface area contributed by atoms with E-state index in [-0.39, 0.29) is 5.75 Å². The Labute approximate surface area is 113 Å². The normalized spacial score (nSPS) is 10.8. The minimum Gasteiger partial charge on any atom is -0.507 e. The minimum atomic E-state index is 0.248. The van der Waals surface area contributed by atoms with E-state index in [2.05, 4.69) is 4.99 Å². The lowest BCUT2D eigenvalue weighted by Crippen LogP contribution is -1.91. The molecule has 0 spiro atoms. The van der Waals surface area contributed by atoms with Crippen LogP contribution in [0.15, 0.2) is 53.5 Å². The van der Waals surface area contributed by atoms with Gasteiger partial charge in [0.1, 0.15) is 11.5 Å². The molecular weight excluding hydrogens is 238 g/mol. The molecule has 3 nitrogen and oxygen atoms in total. The Kier molecular flexibility index (Phi) is 4.56. The van der Waals surface area contributed by atoms with Crippen molar-refractivity contribution in [3.63, 3.8) is 0 Å². The first-order chi connectivity index (χ1) is 9.29. The number of ether oxygens (including phenoxy) is 1. The first-order valence-corrected chi connectivity index (χ1v) is 6.29. The van der Waals surface area contributed by atoms with Gasteiger partial charge >= 0.3 is 0 Å². The van der Waals surface area contributed by atoms with Crippen molar-refractivity contribution in [2.75, 3.05) is 6.61 Å². The highest BCUT2D eigenvalue weighted by molar-refractivity contribution is 5.83. The zero-order valence-corrected chi connectivity index (χ0v) is 10.9. The van der Waals surface area contributed by atoms with E-state index in [1.165, 1.54) is 0 Å². The molecule has 2 aromatic carbocycles. The molecule has 0 radical (unpaired) electrons. The lowest BCUT2D eigenvalue weighted by Gasteiger charge is -2.03. The molecule has 0 unspecified atom stereocenters. The molecule has 0 aliphatic carbocycles. The number of phenolic OH excluding ortho intramolecular Hbond substituents is 1. The Morgan fingerprint density at radius 3 is 2.53 bits per heavy atom. The van der Waals surface area contributed by atoms with Crippen molar-refractivity contribution in [1.82, 2.24) is 0 Å². The Morgan fingerprint density at radius 1 is 1.11 bits per heavy atom. The van der Waals surface area contributed by atoms with Gasteiger partial charge in [0.05, 0.1) is 13.2 Å². The van der Waals surface area contributed by atoms with Gasteiger partial charge in [0.25, 0.3) is 0 Å². The van der Waals surface area contributed by atoms with Gasteiger partial charge in [-0.05, 0) is 36.8 Å². The molecule has 0 amide bonds. The molecule has 0 bridgehead atoms. The summed E-state index contributed by atoms with van der Waals surface area (Å²) in [5.41, 5.74) is 1.84. The number of para-hydroxylation sites is 1. The number of aromatic hydroxyl groups is 1. The number of nitrogens with zero attached hydrogens (tertiary/aromatic N) is 1. The van der Waals surface area contributed by atoms with E-state index in [0.717, 1.165) is 16.9 Å². The van der Waals surface area contributed by atoms with E-state index in [1.807, 2.05) is 43.3 Å². The van der Waals surface area contributed by atoms with Gasteiger partial charge < -0.3 is 9.84 Å². The van der Waals surface area contributed by atoms with E-state index in [1.54, 1.807) is 18.3 Å². The third-order valence-corrected chi connectivity index (χ3v) is 2.68. The summed E-state index contributed by atoms with van der Waals surface area (Å²) in [5, 5.41) is 9.60. The summed E-state index contributed by atoms with van der Waals surface area (Å²) in [5.74, 6) is 1.12. The highest BCUT2D eigenvalue weighted by Crippen LogP contribution is 2.14. The van der Waals surface area contributed by atoms with Crippen molar-refractivity contribution in [2.45, 2.75) is 13.5 Å². The summed E-state index contributed by atoms with van der Waals surface area (Å²) < 4.78 is 5.38. The van der Waals surface area contributed by atoms with E-state index in [0.29, 0.717) is 13.2 Å². The van der Waals surface area contributed by atoms with Crippen LogP contribution in [0.3, 0.4) is 0 Å². The lowest BCUT2D eigenvalue weighted by atomic mass is 10.2. The molecule has 0 fully saturated rings. The van der Waals surface area contributed by atoms with Gasteiger partial charge in [-0.15, -0.1) is 0 Å². The average molecular weight is 255 g/mol. The molecule has 0 aliphatic heterocycles. The fourth-order valence-electron chi connectivity index (χ4n) is 1.70. The molecular formula is C16H17NO2. The predicted molar refractivity (Wildman–Crippen MR) is 77.0 cm³/mol. The van der Waals surface area contributed by atoms with Gasteiger partial charge in [0.15, 0.2) is 0 Å². The van der Waals surface area contributed by atoms with E-state index < -0.39 is 0 Å². The van der Waals surface area contributed by atoms with Crippen molar-refractivity contribution >= 4 is 6.21 Å². The van der Waals surface area contributed by atoms with E-state index >= 15 is 0 Å². The molecule has 19 heavy (non-hydrogen) atoms. The summed E-state index contributed by atoms with van der Waals surface area (Å²) in [6, 6.07) is 15.0. The van der Waals surface area contributed by atoms with Crippen LogP contribution in [0, 0.1) is 0 Å². The number of hydrogen-bond donors (Lipinski definition) is 1. The second-order valence-corrected chi connectivity index (χ2v) is 4.11. The van der Waals surface area contributed by atoms with Crippen LogP contribution in [-0.4, -0.2) is 17.9 Å². The fourth-order valence-corrected chi connectivity index (χ4v) is 1.70. The van der Waals surface area contributed by atoms with Crippen molar-refractivity contribution in [3.8, 4) is 11.5 Å². The van der Waals surface area contributed by atoms with E-state index in [4.69, 9.17) is 4.74 Å². The summed E-state index contributed by atoms with van der Waals surface area (Å²) in [6.07, 6.45) is 1.69. The topological polar surface area (TPSA) is 41.8 Å². The largest absolute Gasteiger partial charge is 0.507 e. The molecule has 0 atom stereocenters. The molecule has 0 aliphatic rings. The molecule has 98 valence electrons. The van der Waals surface area contributed by atoms with Gasteiger partial charge in [-0.3, -0.25) is 4.99 Å². The van der Waals surface area contributed by atoms with Crippen LogP contribution >= 0.6 is 0 Å². The maximum absolute atomic E-state index is 9.60. The SMILES string of the molecule is CCOc1ccc(CN=Cc2ccccc2O)cc1. The summed E-state index contributed by atoms with van der Waals surface area (Å²) in [7, 11) is 0. The number of hydrogen-bond acceptors (Lipinski definition) is 3. The molecule has 3 heteroatoms. The van der Waals surface area contributed by atoms with Gasteiger partial charge in [-0.25, -0.2) is 0 Å². The third kappa shape index (κ3) is 3.85. The minimum absolute atomic E-state index is 0.248. The Balaban J connectivity index is 1.97. The maximum atomic E-state index is 9.60. The van der Waals surface area contributed by atoms with Crippen LogP contribution in [0.1, 0.15) is 18.1 Å². The van der Waals surface area contributed by atoms with Crippen molar-refractivity contribution in [2.24, 2.45) is 4.99 Å². The zero-order chi connectivity index (χ0) is 13.5. The molecule has 2 rings (SSSR count). The molecule has 0 saturated carbocycles. The fraction of sp³-hybridized carbons (Fsp3) is 0.188. The number of phenols is 1. The van der Waals surface area contributed by atoms with Crippen LogP contribution in [0.4, 0.5) is 0 Å². The quantitative estimate of drug-likeness (QED) is 0.832. The van der Waals surface area contributed by atoms with Crippen LogP contribution in [0.2, 0.25) is 0 Å². The monoisotopic (exact) mass is 255 g/mol. The van der Waals surface area contributed by atoms with Crippen LogP contribution in [0.25, 0.3) is 0 Å². The zero-order valence-electron chi connectivity index (χ0n) is 10.9. The Morgan fingerprint density at radius 2 is 1.84 bits per heavy atom. The summed E-state index contributed by atoms with van der Waals surface area (Å²) in [4.78, 5) is 4.32. The Hall–Kier alpha value is -2.29. The van der Waals surface area contributed by atoms with Gasteiger partial charge in [-0.1, -0.05) is 24.3 Å². The van der Waals surface area contributed by atoms with Crippen LogP contribution in [0.5, 0.6) is 11.5 Å². The van der Waals surface area contributed by atoms with Crippen LogP contribution in [-0.2, 0) is 6.54 Å². The second kappa shape index (κ2) is 6.59. The van der Waals surface area contributed by atoms with Crippen molar-refractivity contribution < 1.29 is 9.84 Å². The first kappa shape index (κ1) is 13.1. The number of rotatable bonds is 5. The smallest absolute Gasteiger partial charge is 0.124 e. The predicted octanol–water partition coefficient (Wildman–Crippen LogP) is 3.41. The first-order valence-electron chi connectivity index (χ1n) is 6.29. The highest BCUT2D eigenvalue weighted by atomic mass is 16.5. The molecule has 0 aromatic heterocycles. The summed E-state index contributed by atoms with van der Waals surface area (Å²) in [6.45, 7) is 3.22. The van der Waals surface area contributed by atoms with Crippen LogP contribution < -0.4 is 4.74 Å². The van der Waals surface area contributed by atoms with Gasteiger partial charge in [0, 0.05) is 11.8 Å².